The summed E-state index contributed by atoms with van der Waals surface area (Å²) in [6.07, 6.45) is 0. The van der Waals surface area contributed by atoms with Crippen LogP contribution in [0.5, 0.6) is 5.75 Å². The minimum atomic E-state index is 0.333. The van der Waals surface area contributed by atoms with Gasteiger partial charge in [0.25, 0.3) is 0 Å². The van der Waals surface area contributed by atoms with Gasteiger partial charge >= 0.3 is 0 Å². The Morgan fingerprint density at radius 1 is 1.25 bits per heavy atom. The van der Waals surface area contributed by atoms with Crippen molar-refractivity contribution in [1.82, 2.24) is 0 Å². The lowest BCUT2D eigenvalue weighted by atomic mass is 10.2. The Kier molecular flexibility index (Phi) is 2.97. The molecule has 0 unspecified atom stereocenters. The van der Waals surface area contributed by atoms with E-state index in [0.29, 0.717) is 5.75 Å². The smallest absolute Gasteiger partial charge is 0.117 e. The van der Waals surface area contributed by atoms with Gasteiger partial charge in [-0.1, -0.05) is 6.07 Å². The molecule has 0 amide bonds. The number of phenols is 1. The highest BCUT2D eigenvalue weighted by Gasteiger charge is 2.00. The fraction of sp³-hybridized carbons (Fsp3) is 0.400. The lowest BCUT2D eigenvalue weighted by molar-refractivity contribution is 0.475. The Morgan fingerprint density at radius 3 is 2.42 bits per heavy atom. The van der Waals surface area contributed by atoms with Crippen LogP contribution in [0.2, 0.25) is 0 Å². The van der Waals surface area contributed by atoms with Gasteiger partial charge in [-0.25, -0.2) is 0 Å². The van der Waals surface area contributed by atoms with E-state index in [1.54, 1.807) is 12.1 Å². The summed E-state index contributed by atoms with van der Waals surface area (Å²) in [6.45, 7) is 6.15. The van der Waals surface area contributed by atoms with Crippen LogP contribution in [0.25, 0.3) is 0 Å². The number of aromatic hydroxyl groups is 1. The number of benzene rings is 1. The van der Waals surface area contributed by atoms with Crippen LogP contribution in [-0.2, 0) is 0 Å². The molecule has 0 spiro atoms. The van der Waals surface area contributed by atoms with Gasteiger partial charge in [0.1, 0.15) is 5.75 Å². The van der Waals surface area contributed by atoms with Crippen molar-refractivity contribution in [2.24, 2.45) is 0 Å². The molecule has 1 rings (SSSR count). The second-order valence-electron chi connectivity index (χ2n) is 2.69. The SMILES string of the molecule is CCN(CC)c1cccc(O)c1. The van der Waals surface area contributed by atoms with Gasteiger partial charge in [0.05, 0.1) is 0 Å². The molecule has 0 radical (unpaired) electrons. The molecule has 0 heterocycles. The van der Waals surface area contributed by atoms with Gasteiger partial charge in [-0.05, 0) is 26.0 Å². The topological polar surface area (TPSA) is 23.5 Å². The monoisotopic (exact) mass is 165 g/mol. The van der Waals surface area contributed by atoms with Crippen LogP contribution in [0, 0.1) is 0 Å². The first-order chi connectivity index (χ1) is 5.77. The Hall–Kier alpha value is -1.18. The number of phenolic OH excluding ortho intramolecular Hbond substituents is 1. The predicted molar refractivity (Wildman–Crippen MR) is 51.7 cm³/mol. The van der Waals surface area contributed by atoms with E-state index in [1.807, 2.05) is 12.1 Å². The van der Waals surface area contributed by atoms with Gasteiger partial charge in [0.2, 0.25) is 0 Å². The normalized spacial score (nSPS) is 9.83. The summed E-state index contributed by atoms with van der Waals surface area (Å²) in [5.41, 5.74) is 1.08. The highest BCUT2D eigenvalue weighted by molar-refractivity contribution is 5.49. The lowest BCUT2D eigenvalue weighted by Crippen LogP contribution is -2.21. The predicted octanol–water partition coefficient (Wildman–Crippen LogP) is 2.24. The Balaban J connectivity index is 2.85. The Morgan fingerprint density at radius 2 is 1.92 bits per heavy atom. The molecule has 0 bridgehead atoms. The standard InChI is InChI=1S/C10H15NO/c1-3-11(4-2)9-6-5-7-10(12)8-9/h5-8,12H,3-4H2,1-2H3. The van der Waals surface area contributed by atoms with E-state index in [2.05, 4.69) is 18.7 Å². The fourth-order valence-electron chi connectivity index (χ4n) is 1.28. The maximum absolute atomic E-state index is 9.23. The first-order valence-corrected chi connectivity index (χ1v) is 4.32. The summed E-state index contributed by atoms with van der Waals surface area (Å²) in [6, 6.07) is 7.34. The van der Waals surface area contributed by atoms with E-state index in [-0.39, 0.29) is 0 Å². The van der Waals surface area contributed by atoms with Crippen molar-refractivity contribution >= 4 is 5.69 Å². The summed E-state index contributed by atoms with van der Waals surface area (Å²) in [5, 5.41) is 9.23. The molecule has 2 heteroatoms. The third-order valence-electron chi connectivity index (χ3n) is 1.96. The van der Waals surface area contributed by atoms with E-state index in [1.165, 1.54) is 0 Å². The first kappa shape index (κ1) is 8.91. The van der Waals surface area contributed by atoms with Gasteiger partial charge < -0.3 is 10.0 Å². The van der Waals surface area contributed by atoms with Crippen molar-refractivity contribution in [1.29, 1.82) is 0 Å². The zero-order valence-corrected chi connectivity index (χ0v) is 7.62. The van der Waals surface area contributed by atoms with Crippen LogP contribution in [0.4, 0.5) is 5.69 Å². The Labute approximate surface area is 73.4 Å². The largest absolute Gasteiger partial charge is 0.508 e. The zero-order valence-electron chi connectivity index (χ0n) is 7.62. The summed E-state index contributed by atoms with van der Waals surface area (Å²) in [5.74, 6) is 0.333. The van der Waals surface area contributed by atoms with Gasteiger partial charge in [0, 0.05) is 24.8 Å². The fourth-order valence-corrected chi connectivity index (χ4v) is 1.28. The summed E-state index contributed by atoms with van der Waals surface area (Å²) >= 11 is 0. The quantitative estimate of drug-likeness (QED) is 0.742. The number of hydrogen-bond donors (Lipinski definition) is 1. The molecule has 0 aliphatic carbocycles. The molecule has 12 heavy (non-hydrogen) atoms. The number of anilines is 1. The molecular formula is C10H15NO. The maximum atomic E-state index is 9.23. The average Bonchev–Trinajstić information content (AvgIpc) is 2.07. The number of hydrogen-bond acceptors (Lipinski definition) is 2. The van der Waals surface area contributed by atoms with Crippen LogP contribution < -0.4 is 4.90 Å². The third-order valence-corrected chi connectivity index (χ3v) is 1.96. The molecule has 0 saturated heterocycles. The van der Waals surface area contributed by atoms with Crippen molar-refractivity contribution in [2.45, 2.75) is 13.8 Å². The second-order valence-corrected chi connectivity index (χ2v) is 2.69. The van der Waals surface area contributed by atoms with E-state index in [4.69, 9.17) is 0 Å². The molecule has 0 aliphatic rings. The van der Waals surface area contributed by atoms with E-state index in [9.17, 15) is 5.11 Å². The van der Waals surface area contributed by atoms with Crippen molar-refractivity contribution in [3.63, 3.8) is 0 Å². The molecule has 66 valence electrons. The summed E-state index contributed by atoms with van der Waals surface area (Å²) < 4.78 is 0. The minimum Gasteiger partial charge on any atom is -0.508 e. The van der Waals surface area contributed by atoms with Crippen molar-refractivity contribution in [2.75, 3.05) is 18.0 Å². The highest BCUT2D eigenvalue weighted by atomic mass is 16.3. The Bertz CT molecular complexity index is 243. The van der Waals surface area contributed by atoms with Gasteiger partial charge in [0.15, 0.2) is 0 Å². The van der Waals surface area contributed by atoms with Gasteiger partial charge in [-0.2, -0.15) is 0 Å². The molecular weight excluding hydrogens is 150 g/mol. The van der Waals surface area contributed by atoms with Crippen LogP contribution in [0.3, 0.4) is 0 Å². The minimum absolute atomic E-state index is 0.333. The zero-order chi connectivity index (χ0) is 8.97. The molecule has 1 N–H and O–H groups in total. The summed E-state index contributed by atoms with van der Waals surface area (Å²) in [4.78, 5) is 2.19. The highest BCUT2D eigenvalue weighted by Crippen LogP contribution is 2.19. The van der Waals surface area contributed by atoms with E-state index in [0.717, 1.165) is 18.8 Å². The van der Waals surface area contributed by atoms with Crippen LogP contribution in [0.15, 0.2) is 24.3 Å². The number of nitrogens with zero attached hydrogens (tertiary/aromatic N) is 1. The van der Waals surface area contributed by atoms with Gasteiger partial charge in [-0.3, -0.25) is 0 Å². The van der Waals surface area contributed by atoms with E-state index < -0.39 is 0 Å². The molecule has 0 atom stereocenters. The van der Waals surface area contributed by atoms with Crippen LogP contribution in [0.1, 0.15) is 13.8 Å². The molecule has 0 saturated carbocycles. The van der Waals surface area contributed by atoms with E-state index >= 15 is 0 Å². The molecule has 0 aromatic heterocycles. The third kappa shape index (κ3) is 1.91. The van der Waals surface area contributed by atoms with Crippen LogP contribution in [-0.4, -0.2) is 18.2 Å². The van der Waals surface area contributed by atoms with Crippen molar-refractivity contribution in [3.05, 3.63) is 24.3 Å². The molecule has 2 nitrogen and oxygen atoms in total. The van der Waals surface area contributed by atoms with Crippen LogP contribution >= 0.6 is 0 Å². The molecule has 0 fully saturated rings. The van der Waals surface area contributed by atoms with Gasteiger partial charge in [-0.15, -0.1) is 0 Å². The second kappa shape index (κ2) is 4.00. The maximum Gasteiger partial charge on any atom is 0.117 e. The first-order valence-electron chi connectivity index (χ1n) is 4.32. The number of rotatable bonds is 3. The van der Waals surface area contributed by atoms with Crippen molar-refractivity contribution < 1.29 is 5.11 Å². The molecule has 1 aromatic rings. The molecule has 1 aromatic carbocycles. The summed E-state index contributed by atoms with van der Waals surface area (Å²) in [7, 11) is 0. The average molecular weight is 165 g/mol. The van der Waals surface area contributed by atoms with Crippen molar-refractivity contribution in [3.8, 4) is 5.75 Å². The molecule has 0 aliphatic heterocycles. The lowest BCUT2D eigenvalue weighted by Gasteiger charge is -2.20.